The highest BCUT2D eigenvalue weighted by Crippen LogP contribution is 2.15. The summed E-state index contributed by atoms with van der Waals surface area (Å²) in [5.74, 6) is 0.107. The first-order valence-electron chi connectivity index (χ1n) is 5.67. The van der Waals surface area contributed by atoms with Crippen molar-refractivity contribution >= 4 is 21.8 Å². The zero-order valence-corrected chi connectivity index (χ0v) is 12.2. The number of rotatable bonds is 6. The van der Waals surface area contributed by atoms with Crippen LogP contribution in [-0.2, 0) is 23.1 Å². The molecule has 1 aromatic rings. The fraction of sp³-hybridized carbons (Fsp3) is 0.583. The van der Waals surface area contributed by atoms with Crippen molar-refractivity contribution in [1.82, 2.24) is 9.47 Å². The molecule has 0 aromatic carbocycles. The SMILES string of the molecule is CCOCCC(=O)N(C)Cc1cc(Br)cn1C. The molecular weight excluding hydrogens is 284 g/mol. The molecule has 17 heavy (non-hydrogen) atoms. The molecule has 1 amide bonds. The van der Waals surface area contributed by atoms with Crippen molar-refractivity contribution in [1.29, 1.82) is 0 Å². The van der Waals surface area contributed by atoms with Gasteiger partial charge in [-0.05, 0) is 28.9 Å². The van der Waals surface area contributed by atoms with Gasteiger partial charge < -0.3 is 14.2 Å². The molecule has 1 heterocycles. The Labute approximate surface area is 111 Å². The molecule has 0 aliphatic carbocycles. The second kappa shape index (κ2) is 6.81. The molecule has 0 spiro atoms. The third-order valence-electron chi connectivity index (χ3n) is 2.56. The summed E-state index contributed by atoms with van der Waals surface area (Å²) in [6.07, 6.45) is 2.42. The van der Waals surface area contributed by atoms with Crippen LogP contribution in [0.15, 0.2) is 16.7 Å². The largest absolute Gasteiger partial charge is 0.381 e. The Morgan fingerprint density at radius 3 is 2.82 bits per heavy atom. The van der Waals surface area contributed by atoms with Crippen LogP contribution in [0, 0.1) is 0 Å². The minimum atomic E-state index is 0.107. The van der Waals surface area contributed by atoms with Crippen molar-refractivity contribution < 1.29 is 9.53 Å². The summed E-state index contributed by atoms with van der Waals surface area (Å²) in [5.41, 5.74) is 1.10. The number of carbonyl (C=O) groups is 1. The van der Waals surface area contributed by atoms with Crippen LogP contribution in [0.5, 0.6) is 0 Å². The van der Waals surface area contributed by atoms with Crippen molar-refractivity contribution in [2.45, 2.75) is 19.9 Å². The summed E-state index contributed by atoms with van der Waals surface area (Å²) in [6.45, 7) is 3.70. The topological polar surface area (TPSA) is 34.5 Å². The average molecular weight is 303 g/mol. The first-order valence-corrected chi connectivity index (χ1v) is 6.46. The maximum absolute atomic E-state index is 11.8. The Morgan fingerprint density at radius 1 is 1.59 bits per heavy atom. The van der Waals surface area contributed by atoms with Gasteiger partial charge in [-0.25, -0.2) is 0 Å². The van der Waals surface area contributed by atoms with E-state index in [-0.39, 0.29) is 5.91 Å². The lowest BCUT2D eigenvalue weighted by Gasteiger charge is -2.17. The summed E-state index contributed by atoms with van der Waals surface area (Å²) >= 11 is 3.42. The van der Waals surface area contributed by atoms with Crippen LogP contribution < -0.4 is 0 Å². The van der Waals surface area contributed by atoms with Crippen LogP contribution in [0.2, 0.25) is 0 Å². The molecule has 1 rings (SSSR count). The van der Waals surface area contributed by atoms with Crippen molar-refractivity contribution in [3.05, 3.63) is 22.4 Å². The van der Waals surface area contributed by atoms with Gasteiger partial charge in [-0.15, -0.1) is 0 Å². The minimum Gasteiger partial charge on any atom is -0.381 e. The molecule has 0 radical (unpaired) electrons. The van der Waals surface area contributed by atoms with Crippen LogP contribution in [0.25, 0.3) is 0 Å². The molecule has 1 aromatic heterocycles. The highest BCUT2D eigenvalue weighted by atomic mass is 79.9. The van der Waals surface area contributed by atoms with E-state index in [0.717, 1.165) is 10.2 Å². The number of nitrogens with zero attached hydrogens (tertiary/aromatic N) is 2. The molecule has 0 N–H and O–H groups in total. The van der Waals surface area contributed by atoms with Crippen molar-refractivity contribution in [2.75, 3.05) is 20.3 Å². The molecule has 0 bridgehead atoms. The van der Waals surface area contributed by atoms with Crippen molar-refractivity contribution in [3.8, 4) is 0 Å². The fourth-order valence-corrected chi connectivity index (χ4v) is 2.12. The molecule has 0 aliphatic heterocycles. The molecule has 0 fully saturated rings. The monoisotopic (exact) mass is 302 g/mol. The van der Waals surface area contributed by atoms with Gasteiger partial charge in [0.1, 0.15) is 0 Å². The minimum absolute atomic E-state index is 0.107. The van der Waals surface area contributed by atoms with Crippen LogP contribution in [0.3, 0.4) is 0 Å². The Balaban J connectivity index is 2.45. The number of hydrogen-bond donors (Lipinski definition) is 0. The van der Waals surface area contributed by atoms with E-state index in [2.05, 4.69) is 15.9 Å². The third-order valence-corrected chi connectivity index (χ3v) is 3.00. The second-order valence-corrected chi connectivity index (χ2v) is 4.87. The Hall–Kier alpha value is -0.810. The molecule has 5 heteroatoms. The number of aromatic nitrogens is 1. The van der Waals surface area contributed by atoms with E-state index in [1.807, 2.05) is 37.8 Å². The summed E-state index contributed by atoms with van der Waals surface area (Å²) in [7, 11) is 3.79. The maximum Gasteiger partial charge on any atom is 0.224 e. The predicted octanol–water partition coefficient (Wildman–Crippen LogP) is 2.17. The standard InChI is InChI=1S/C12H19BrN2O2/c1-4-17-6-5-12(16)15(3)9-11-7-10(13)8-14(11)2/h7-8H,4-6,9H2,1-3H3. The van der Waals surface area contributed by atoms with Gasteiger partial charge in [-0.3, -0.25) is 4.79 Å². The van der Waals surface area contributed by atoms with Crippen LogP contribution in [-0.4, -0.2) is 35.6 Å². The van der Waals surface area contributed by atoms with Crippen LogP contribution >= 0.6 is 15.9 Å². The molecular formula is C12H19BrN2O2. The lowest BCUT2D eigenvalue weighted by molar-refractivity contribution is -0.131. The average Bonchev–Trinajstić information content (AvgIpc) is 2.57. The fourth-order valence-electron chi connectivity index (χ4n) is 1.55. The normalized spacial score (nSPS) is 10.6. The maximum atomic E-state index is 11.8. The lowest BCUT2D eigenvalue weighted by atomic mass is 10.3. The first-order chi connectivity index (χ1) is 8.04. The van der Waals surface area contributed by atoms with Crippen molar-refractivity contribution in [3.63, 3.8) is 0 Å². The van der Waals surface area contributed by atoms with Gasteiger partial charge in [0.25, 0.3) is 0 Å². The van der Waals surface area contributed by atoms with Gasteiger partial charge in [0.15, 0.2) is 0 Å². The quantitative estimate of drug-likeness (QED) is 0.755. The molecule has 4 nitrogen and oxygen atoms in total. The molecule has 96 valence electrons. The van der Waals surface area contributed by atoms with E-state index >= 15 is 0 Å². The van der Waals surface area contributed by atoms with Gasteiger partial charge >= 0.3 is 0 Å². The van der Waals surface area contributed by atoms with Crippen LogP contribution in [0.1, 0.15) is 19.0 Å². The Kier molecular flexibility index (Phi) is 5.71. The first kappa shape index (κ1) is 14.3. The van der Waals surface area contributed by atoms with E-state index in [9.17, 15) is 4.79 Å². The summed E-state index contributed by atoms with van der Waals surface area (Å²) in [6, 6.07) is 2.02. The third kappa shape index (κ3) is 4.52. The van der Waals surface area contributed by atoms with Crippen LogP contribution in [0.4, 0.5) is 0 Å². The van der Waals surface area contributed by atoms with Gasteiger partial charge in [0.2, 0.25) is 5.91 Å². The zero-order valence-electron chi connectivity index (χ0n) is 10.6. The van der Waals surface area contributed by atoms with Gasteiger partial charge in [-0.1, -0.05) is 0 Å². The number of aryl methyl sites for hydroxylation is 1. The van der Waals surface area contributed by atoms with E-state index in [1.165, 1.54) is 0 Å². The van der Waals surface area contributed by atoms with E-state index in [0.29, 0.717) is 26.2 Å². The predicted molar refractivity (Wildman–Crippen MR) is 70.7 cm³/mol. The van der Waals surface area contributed by atoms with Crippen molar-refractivity contribution in [2.24, 2.45) is 7.05 Å². The number of carbonyl (C=O) groups excluding carboxylic acids is 1. The zero-order chi connectivity index (χ0) is 12.8. The van der Waals surface area contributed by atoms with Gasteiger partial charge in [-0.2, -0.15) is 0 Å². The molecule has 0 aliphatic rings. The van der Waals surface area contributed by atoms with E-state index in [4.69, 9.17) is 4.74 Å². The highest BCUT2D eigenvalue weighted by Gasteiger charge is 2.11. The molecule has 0 unspecified atom stereocenters. The number of ether oxygens (including phenoxy) is 1. The molecule has 0 saturated heterocycles. The van der Waals surface area contributed by atoms with Gasteiger partial charge in [0, 0.05) is 37.1 Å². The number of halogens is 1. The van der Waals surface area contributed by atoms with E-state index in [1.54, 1.807) is 4.90 Å². The Morgan fingerprint density at radius 2 is 2.29 bits per heavy atom. The molecule has 0 saturated carbocycles. The summed E-state index contributed by atoms with van der Waals surface area (Å²) < 4.78 is 8.22. The second-order valence-electron chi connectivity index (χ2n) is 3.96. The Bertz CT molecular complexity index is 377. The number of amides is 1. The van der Waals surface area contributed by atoms with Gasteiger partial charge in [0.05, 0.1) is 19.6 Å². The lowest BCUT2D eigenvalue weighted by Crippen LogP contribution is -2.27. The summed E-state index contributed by atoms with van der Waals surface area (Å²) in [5, 5.41) is 0. The van der Waals surface area contributed by atoms with E-state index < -0.39 is 0 Å². The number of hydrogen-bond acceptors (Lipinski definition) is 2. The molecule has 0 atom stereocenters. The smallest absolute Gasteiger partial charge is 0.224 e. The summed E-state index contributed by atoms with van der Waals surface area (Å²) in [4.78, 5) is 13.5. The highest BCUT2D eigenvalue weighted by molar-refractivity contribution is 9.10.